The summed E-state index contributed by atoms with van der Waals surface area (Å²) in [5.41, 5.74) is 1.63. The number of aldehydes is 1. The molecule has 0 amide bonds. The molecular weight excluding hydrogens is 290 g/mol. The number of nitrogens with zero attached hydrogens (tertiary/aromatic N) is 1. The van der Waals surface area contributed by atoms with Gasteiger partial charge in [0.25, 0.3) is 0 Å². The van der Waals surface area contributed by atoms with Gasteiger partial charge < -0.3 is 9.47 Å². The predicted molar refractivity (Wildman–Crippen MR) is 78.9 cm³/mol. The van der Waals surface area contributed by atoms with Gasteiger partial charge in [-0.1, -0.05) is 17.7 Å². The third-order valence-electron chi connectivity index (χ3n) is 2.91. The van der Waals surface area contributed by atoms with Gasteiger partial charge in [0, 0.05) is 10.6 Å². The molecular formula is C16H12ClNO3. The van der Waals surface area contributed by atoms with Crippen LogP contribution in [-0.4, -0.2) is 13.4 Å². The second-order valence-corrected chi connectivity index (χ2v) is 4.64. The van der Waals surface area contributed by atoms with Gasteiger partial charge in [-0.3, -0.25) is 4.79 Å². The number of methoxy groups -OCH3 is 1. The Hall–Kier alpha value is -2.51. The number of carbonyl (C=O) groups excluding carboxylic acids is 1. The predicted octanol–water partition coefficient (Wildman–Crippen LogP) is 3.61. The minimum atomic E-state index is 0.206. The summed E-state index contributed by atoms with van der Waals surface area (Å²) in [6.07, 6.45) is 0.707. The molecule has 0 aliphatic carbocycles. The van der Waals surface area contributed by atoms with E-state index in [1.165, 1.54) is 7.11 Å². The van der Waals surface area contributed by atoms with Crippen LogP contribution in [0.1, 0.15) is 21.5 Å². The Labute approximate surface area is 127 Å². The highest BCUT2D eigenvalue weighted by Gasteiger charge is 2.07. The highest BCUT2D eigenvalue weighted by atomic mass is 35.5. The summed E-state index contributed by atoms with van der Waals surface area (Å²) in [4.78, 5) is 11.1. The maximum absolute atomic E-state index is 11.1. The quantitative estimate of drug-likeness (QED) is 0.792. The molecule has 2 rings (SSSR count). The molecule has 5 heteroatoms. The van der Waals surface area contributed by atoms with Crippen LogP contribution in [0.4, 0.5) is 0 Å². The summed E-state index contributed by atoms with van der Waals surface area (Å²) in [6.45, 7) is 0.206. The molecule has 0 fully saturated rings. The molecule has 21 heavy (non-hydrogen) atoms. The molecule has 0 bridgehead atoms. The molecule has 0 atom stereocenters. The Morgan fingerprint density at radius 1 is 1.29 bits per heavy atom. The van der Waals surface area contributed by atoms with Gasteiger partial charge in [0.05, 0.1) is 24.3 Å². The molecule has 0 radical (unpaired) electrons. The molecule has 106 valence electrons. The first-order valence-corrected chi connectivity index (χ1v) is 6.50. The first-order chi connectivity index (χ1) is 10.2. The zero-order valence-electron chi connectivity index (χ0n) is 11.3. The Balaban J connectivity index is 2.17. The molecule has 2 aromatic rings. The van der Waals surface area contributed by atoms with Gasteiger partial charge in [-0.2, -0.15) is 5.26 Å². The van der Waals surface area contributed by atoms with Crippen LogP contribution < -0.4 is 9.47 Å². The van der Waals surface area contributed by atoms with Gasteiger partial charge in [-0.15, -0.1) is 0 Å². The van der Waals surface area contributed by atoms with Gasteiger partial charge >= 0.3 is 0 Å². The molecule has 0 aromatic heterocycles. The number of hydrogen-bond donors (Lipinski definition) is 0. The van der Waals surface area contributed by atoms with E-state index >= 15 is 0 Å². The van der Waals surface area contributed by atoms with Gasteiger partial charge in [0.2, 0.25) is 0 Å². The maximum Gasteiger partial charge on any atom is 0.153 e. The second-order valence-electron chi connectivity index (χ2n) is 4.23. The molecule has 0 N–H and O–H groups in total. The standard InChI is InChI=1S/C16H12ClNO3/c1-20-14-4-5-16(13(7-14)9-19)21-10-12-3-2-11(8-18)6-15(12)17/h2-7,9H,10H2,1H3. The van der Waals surface area contributed by atoms with Crippen molar-refractivity contribution in [3.05, 3.63) is 58.1 Å². The average molecular weight is 302 g/mol. The highest BCUT2D eigenvalue weighted by molar-refractivity contribution is 6.31. The summed E-state index contributed by atoms with van der Waals surface area (Å²) in [6, 6.07) is 12.0. The van der Waals surface area contributed by atoms with Crippen LogP contribution in [0.25, 0.3) is 0 Å². The third-order valence-corrected chi connectivity index (χ3v) is 3.26. The smallest absolute Gasteiger partial charge is 0.153 e. The average Bonchev–Trinajstić information content (AvgIpc) is 2.53. The van der Waals surface area contributed by atoms with Crippen LogP contribution in [0.15, 0.2) is 36.4 Å². The van der Waals surface area contributed by atoms with E-state index in [4.69, 9.17) is 26.3 Å². The molecule has 0 saturated carbocycles. The summed E-state index contributed by atoms with van der Waals surface area (Å²) in [5, 5.41) is 9.24. The van der Waals surface area contributed by atoms with Gasteiger partial charge in [0.1, 0.15) is 18.1 Å². The van der Waals surface area contributed by atoms with E-state index in [-0.39, 0.29) is 6.61 Å². The monoisotopic (exact) mass is 301 g/mol. The zero-order chi connectivity index (χ0) is 15.2. The summed E-state index contributed by atoms with van der Waals surface area (Å²) >= 11 is 6.08. The van der Waals surface area contributed by atoms with Gasteiger partial charge in [0.15, 0.2) is 6.29 Å². The van der Waals surface area contributed by atoms with Gasteiger partial charge in [-0.05, 0) is 30.3 Å². The second kappa shape index (κ2) is 6.78. The third kappa shape index (κ3) is 3.53. The maximum atomic E-state index is 11.1. The molecule has 0 spiro atoms. The van der Waals surface area contributed by atoms with Crippen LogP contribution in [0.3, 0.4) is 0 Å². The number of carbonyl (C=O) groups is 1. The molecule has 0 aliphatic rings. The molecule has 0 unspecified atom stereocenters. The number of halogens is 1. The van der Waals surface area contributed by atoms with E-state index in [0.29, 0.717) is 33.9 Å². The van der Waals surface area contributed by atoms with Crippen molar-refractivity contribution in [1.29, 1.82) is 5.26 Å². The Kier molecular flexibility index (Phi) is 4.81. The van der Waals surface area contributed by atoms with Crippen LogP contribution >= 0.6 is 11.6 Å². The van der Waals surface area contributed by atoms with Crippen molar-refractivity contribution < 1.29 is 14.3 Å². The number of hydrogen-bond acceptors (Lipinski definition) is 4. The van der Waals surface area contributed by atoms with E-state index in [1.807, 2.05) is 6.07 Å². The number of ether oxygens (including phenoxy) is 2. The lowest BCUT2D eigenvalue weighted by atomic mass is 10.1. The minimum Gasteiger partial charge on any atom is -0.497 e. The fourth-order valence-electron chi connectivity index (χ4n) is 1.77. The van der Waals surface area contributed by atoms with Crippen LogP contribution in [0.5, 0.6) is 11.5 Å². The van der Waals surface area contributed by atoms with Crippen molar-refractivity contribution in [2.45, 2.75) is 6.61 Å². The van der Waals surface area contributed by atoms with Crippen LogP contribution in [0, 0.1) is 11.3 Å². The first-order valence-electron chi connectivity index (χ1n) is 6.12. The highest BCUT2D eigenvalue weighted by Crippen LogP contribution is 2.25. The minimum absolute atomic E-state index is 0.206. The molecule has 0 saturated heterocycles. The van der Waals surface area contributed by atoms with E-state index < -0.39 is 0 Å². The topological polar surface area (TPSA) is 59.3 Å². The van der Waals surface area contributed by atoms with E-state index in [1.54, 1.807) is 36.4 Å². The summed E-state index contributed by atoms with van der Waals surface area (Å²) in [7, 11) is 1.53. The Morgan fingerprint density at radius 3 is 2.71 bits per heavy atom. The van der Waals surface area contributed by atoms with Crippen molar-refractivity contribution in [1.82, 2.24) is 0 Å². The van der Waals surface area contributed by atoms with Crippen LogP contribution in [-0.2, 0) is 6.61 Å². The molecule has 0 aliphatic heterocycles. The van der Waals surface area contributed by atoms with Gasteiger partial charge in [-0.25, -0.2) is 0 Å². The van der Waals surface area contributed by atoms with Crippen molar-refractivity contribution >= 4 is 17.9 Å². The summed E-state index contributed by atoms with van der Waals surface area (Å²) < 4.78 is 10.7. The fraction of sp³-hybridized carbons (Fsp3) is 0.125. The number of nitriles is 1. The molecule has 2 aromatic carbocycles. The van der Waals surface area contributed by atoms with E-state index in [0.717, 1.165) is 5.56 Å². The SMILES string of the molecule is COc1ccc(OCc2ccc(C#N)cc2Cl)c(C=O)c1. The van der Waals surface area contributed by atoms with Crippen LogP contribution in [0.2, 0.25) is 5.02 Å². The Bertz CT molecular complexity index is 707. The zero-order valence-corrected chi connectivity index (χ0v) is 12.1. The summed E-state index contributed by atoms with van der Waals surface area (Å²) in [5.74, 6) is 1.03. The van der Waals surface area contributed by atoms with Crippen molar-refractivity contribution in [2.75, 3.05) is 7.11 Å². The first kappa shape index (κ1) is 14.9. The normalized spacial score (nSPS) is 9.76. The molecule has 4 nitrogen and oxygen atoms in total. The Morgan fingerprint density at radius 2 is 2.10 bits per heavy atom. The number of rotatable bonds is 5. The molecule has 0 heterocycles. The lowest BCUT2D eigenvalue weighted by Gasteiger charge is -2.11. The number of benzene rings is 2. The fourth-order valence-corrected chi connectivity index (χ4v) is 2.00. The van der Waals surface area contributed by atoms with Crippen molar-refractivity contribution in [2.24, 2.45) is 0 Å². The van der Waals surface area contributed by atoms with Crippen molar-refractivity contribution in [3.8, 4) is 17.6 Å². The van der Waals surface area contributed by atoms with E-state index in [2.05, 4.69) is 0 Å². The lowest BCUT2D eigenvalue weighted by Crippen LogP contribution is -1.99. The van der Waals surface area contributed by atoms with E-state index in [9.17, 15) is 4.79 Å². The largest absolute Gasteiger partial charge is 0.497 e. The van der Waals surface area contributed by atoms with Crippen molar-refractivity contribution in [3.63, 3.8) is 0 Å². The lowest BCUT2D eigenvalue weighted by molar-refractivity contribution is 0.111.